The number of hydrogen-bond acceptors (Lipinski definition) is 4. The molecule has 1 aromatic rings. The molecule has 0 saturated carbocycles. The molecule has 2 rings (SSSR count). The molecule has 0 spiro atoms. The van der Waals surface area contributed by atoms with Gasteiger partial charge in [0.15, 0.2) is 0 Å². The molecular formula is C16H28N2OS. The molecule has 3 nitrogen and oxygen atoms in total. The Morgan fingerprint density at radius 1 is 1.35 bits per heavy atom. The lowest BCUT2D eigenvalue weighted by molar-refractivity contribution is 0.0796. The Hall–Kier alpha value is -0.420. The molecule has 0 aliphatic carbocycles. The number of thiophene rings is 1. The first-order valence-corrected chi connectivity index (χ1v) is 8.37. The Balaban J connectivity index is 1.76. The molecule has 1 unspecified atom stereocenters. The van der Waals surface area contributed by atoms with Crippen LogP contribution in [0.4, 0.5) is 0 Å². The van der Waals surface area contributed by atoms with Crippen molar-refractivity contribution in [3.63, 3.8) is 0 Å². The van der Waals surface area contributed by atoms with Gasteiger partial charge in [0.2, 0.25) is 0 Å². The van der Waals surface area contributed by atoms with Crippen LogP contribution in [0.25, 0.3) is 0 Å². The molecule has 0 amide bonds. The Labute approximate surface area is 127 Å². The van der Waals surface area contributed by atoms with Crippen LogP contribution in [0, 0.1) is 0 Å². The van der Waals surface area contributed by atoms with E-state index in [1.165, 1.54) is 22.6 Å². The molecule has 1 aliphatic heterocycles. The topological polar surface area (TPSA) is 24.5 Å². The third kappa shape index (κ3) is 5.52. The van der Waals surface area contributed by atoms with Gasteiger partial charge >= 0.3 is 0 Å². The molecule has 1 saturated heterocycles. The number of ether oxygens (including phenoxy) is 1. The molecule has 20 heavy (non-hydrogen) atoms. The molecule has 0 aromatic carbocycles. The molecule has 114 valence electrons. The SMILES string of the molecule is CN(Cc1ccc(CNC(C)(C)C)s1)CC1CCCO1. The highest BCUT2D eigenvalue weighted by atomic mass is 32.1. The summed E-state index contributed by atoms with van der Waals surface area (Å²) >= 11 is 1.91. The molecule has 2 heterocycles. The van der Waals surface area contributed by atoms with Gasteiger partial charge in [-0.2, -0.15) is 0 Å². The summed E-state index contributed by atoms with van der Waals surface area (Å²) in [7, 11) is 2.19. The van der Waals surface area contributed by atoms with Gasteiger partial charge in [-0.1, -0.05) is 0 Å². The first kappa shape index (κ1) is 16.0. The molecule has 4 heteroatoms. The minimum atomic E-state index is 0.181. The van der Waals surface area contributed by atoms with Crippen LogP contribution in [0.1, 0.15) is 43.4 Å². The van der Waals surface area contributed by atoms with Gasteiger partial charge < -0.3 is 10.1 Å². The van der Waals surface area contributed by atoms with Crippen molar-refractivity contribution in [2.75, 3.05) is 20.2 Å². The van der Waals surface area contributed by atoms with Crippen molar-refractivity contribution in [2.45, 2.75) is 58.3 Å². The number of nitrogens with one attached hydrogen (secondary N) is 1. The molecule has 1 aliphatic rings. The molecule has 0 radical (unpaired) electrons. The summed E-state index contributed by atoms with van der Waals surface area (Å²) in [5.41, 5.74) is 0.181. The van der Waals surface area contributed by atoms with E-state index in [0.29, 0.717) is 6.10 Å². The van der Waals surface area contributed by atoms with Crippen molar-refractivity contribution in [3.8, 4) is 0 Å². The average Bonchev–Trinajstić information content (AvgIpc) is 2.97. The van der Waals surface area contributed by atoms with Gasteiger partial charge in [0, 0.05) is 41.5 Å². The number of rotatable bonds is 6. The first-order chi connectivity index (χ1) is 9.42. The third-order valence-electron chi connectivity index (χ3n) is 3.48. The predicted molar refractivity (Wildman–Crippen MR) is 86.2 cm³/mol. The van der Waals surface area contributed by atoms with Crippen molar-refractivity contribution >= 4 is 11.3 Å². The smallest absolute Gasteiger partial charge is 0.0702 e. The summed E-state index contributed by atoms with van der Waals surface area (Å²) in [5.74, 6) is 0. The number of hydrogen-bond donors (Lipinski definition) is 1. The largest absolute Gasteiger partial charge is 0.377 e. The van der Waals surface area contributed by atoms with E-state index in [9.17, 15) is 0 Å². The highest BCUT2D eigenvalue weighted by Crippen LogP contribution is 2.20. The fourth-order valence-electron chi connectivity index (χ4n) is 2.42. The van der Waals surface area contributed by atoms with Crippen LogP contribution >= 0.6 is 11.3 Å². The van der Waals surface area contributed by atoms with Crippen LogP contribution in [0.15, 0.2) is 12.1 Å². The minimum Gasteiger partial charge on any atom is -0.377 e. The lowest BCUT2D eigenvalue weighted by atomic mass is 10.1. The van der Waals surface area contributed by atoms with Crippen LogP contribution in [-0.2, 0) is 17.8 Å². The van der Waals surface area contributed by atoms with Crippen molar-refractivity contribution in [1.29, 1.82) is 0 Å². The van der Waals surface area contributed by atoms with Crippen LogP contribution < -0.4 is 5.32 Å². The highest BCUT2D eigenvalue weighted by molar-refractivity contribution is 7.11. The summed E-state index contributed by atoms with van der Waals surface area (Å²) < 4.78 is 5.69. The second-order valence-electron chi connectivity index (χ2n) is 6.80. The van der Waals surface area contributed by atoms with Gasteiger partial charge in [0.05, 0.1) is 6.10 Å². The second kappa shape index (κ2) is 7.03. The fraction of sp³-hybridized carbons (Fsp3) is 0.750. The summed E-state index contributed by atoms with van der Waals surface area (Å²) in [6.07, 6.45) is 2.89. The quantitative estimate of drug-likeness (QED) is 0.872. The maximum Gasteiger partial charge on any atom is 0.0702 e. The highest BCUT2D eigenvalue weighted by Gasteiger charge is 2.17. The second-order valence-corrected chi connectivity index (χ2v) is 8.06. The minimum absolute atomic E-state index is 0.181. The van der Waals surface area contributed by atoms with Gasteiger partial charge in [-0.05, 0) is 52.8 Å². The first-order valence-electron chi connectivity index (χ1n) is 7.55. The molecule has 1 N–H and O–H groups in total. The van der Waals surface area contributed by atoms with Gasteiger partial charge in [-0.15, -0.1) is 11.3 Å². The van der Waals surface area contributed by atoms with E-state index >= 15 is 0 Å². The molecule has 1 atom stereocenters. The Kier molecular flexibility index (Phi) is 5.61. The summed E-state index contributed by atoms with van der Waals surface area (Å²) in [6.45, 7) is 10.6. The van der Waals surface area contributed by atoms with Gasteiger partial charge in [0.25, 0.3) is 0 Å². The zero-order chi connectivity index (χ0) is 14.6. The maximum atomic E-state index is 5.69. The molecule has 1 aromatic heterocycles. The monoisotopic (exact) mass is 296 g/mol. The number of likely N-dealkylation sites (N-methyl/N-ethyl adjacent to an activating group) is 1. The third-order valence-corrected chi connectivity index (χ3v) is 4.55. The number of nitrogens with zero attached hydrogens (tertiary/aromatic N) is 1. The Morgan fingerprint density at radius 2 is 2.10 bits per heavy atom. The van der Waals surface area contributed by atoms with Crippen LogP contribution in [0.3, 0.4) is 0 Å². The van der Waals surface area contributed by atoms with E-state index in [0.717, 1.165) is 26.2 Å². The Bertz CT molecular complexity index is 405. The van der Waals surface area contributed by atoms with Gasteiger partial charge in [-0.25, -0.2) is 0 Å². The zero-order valence-electron chi connectivity index (χ0n) is 13.2. The lowest BCUT2D eigenvalue weighted by Gasteiger charge is -2.20. The zero-order valence-corrected chi connectivity index (χ0v) is 14.1. The van der Waals surface area contributed by atoms with Crippen LogP contribution in [-0.4, -0.2) is 36.7 Å². The van der Waals surface area contributed by atoms with E-state index in [1.807, 2.05) is 11.3 Å². The fourth-order valence-corrected chi connectivity index (χ4v) is 3.46. The van der Waals surface area contributed by atoms with Crippen molar-refractivity contribution in [3.05, 3.63) is 21.9 Å². The van der Waals surface area contributed by atoms with E-state index in [2.05, 4.69) is 50.2 Å². The van der Waals surface area contributed by atoms with Gasteiger partial charge in [-0.3, -0.25) is 4.90 Å². The maximum absolute atomic E-state index is 5.69. The van der Waals surface area contributed by atoms with E-state index < -0.39 is 0 Å². The van der Waals surface area contributed by atoms with Crippen molar-refractivity contribution in [2.24, 2.45) is 0 Å². The lowest BCUT2D eigenvalue weighted by Crippen LogP contribution is -2.34. The van der Waals surface area contributed by atoms with Crippen LogP contribution in [0.5, 0.6) is 0 Å². The van der Waals surface area contributed by atoms with E-state index in [4.69, 9.17) is 4.74 Å². The van der Waals surface area contributed by atoms with E-state index in [1.54, 1.807) is 0 Å². The van der Waals surface area contributed by atoms with E-state index in [-0.39, 0.29) is 5.54 Å². The van der Waals surface area contributed by atoms with Crippen molar-refractivity contribution < 1.29 is 4.74 Å². The normalized spacial score (nSPS) is 19.9. The summed E-state index contributed by atoms with van der Waals surface area (Å²) in [6, 6.07) is 4.51. The molecular weight excluding hydrogens is 268 g/mol. The summed E-state index contributed by atoms with van der Waals surface area (Å²) in [4.78, 5) is 5.24. The van der Waals surface area contributed by atoms with Crippen molar-refractivity contribution in [1.82, 2.24) is 10.2 Å². The molecule has 0 bridgehead atoms. The standard InChI is InChI=1S/C16H28N2OS/c1-16(2,3)17-10-14-7-8-15(20-14)12-18(4)11-13-6-5-9-19-13/h7-8,13,17H,5-6,9-12H2,1-4H3. The van der Waals surface area contributed by atoms with Gasteiger partial charge in [0.1, 0.15) is 0 Å². The average molecular weight is 296 g/mol. The Morgan fingerprint density at radius 3 is 2.75 bits per heavy atom. The predicted octanol–water partition coefficient (Wildman–Crippen LogP) is 3.25. The summed E-state index contributed by atoms with van der Waals surface area (Å²) in [5, 5.41) is 3.54. The molecule has 1 fully saturated rings. The van der Waals surface area contributed by atoms with Crippen LogP contribution in [0.2, 0.25) is 0 Å².